The normalized spacial score (nSPS) is 17.9. The van der Waals surface area contributed by atoms with Crippen LogP contribution in [0.3, 0.4) is 0 Å². The lowest BCUT2D eigenvalue weighted by Crippen LogP contribution is -2.36. The number of amides is 2. The van der Waals surface area contributed by atoms with Gasteiger partial charge in [0.1, 0.15) is 23.2 Å². The molecule has 3 aromatic rings. The molecule has 218 valence electrons. The number of ether oxygens (including phenoxy) is 1. The SMILES string of the molecule is Cc1nc(-c2onc(C)c2NC(=O)O[C@H](C)c2ccccc2C(F)(F)F)ccc1NC(=O)[C@H]1CCCC[C@@H]1C(=O)O. The molecule has 1 fully saturated rings. The molecular formula is C28H29F3N4O6. The third-order valence-corrected chi connectivity index (χ3v) is 7.07. The van der Waals surface area contributed by atoms with E-state index in [1.807, 2.05) is 0 Å². The maximum Gasteiger partial charge on any atom is 0.416 e. The van der Waals surface area contributed by atoms with Crippen molar-refractivity contribution in [3.05, 3.63) is 58.9 Å². The quantitative estimate of drug-likeness (QED) is 0.290. The van der Waals surface area contributed by atoms with Crippen LogP contribution in [-0.2, 0) is 20.5 Å². The number of hydrogen-bond donors (Lipinski definition) is 3. The molecule has 13 heteroatoms. The van der Waals surface area contributed by atoms with E-state index in [9.17, 15) is 32.7 Å². The fourth-order valence-electron chi connectivity index (χ4n) is 4.94. The molecule has 3 N–H and O–H groups in total. The van der Waals surface area contributed by atoms with Gasteiger partial charge in [-0.3, -0.25) is 14.9 Å². The number of halogens is 3. The number of anilines is 2. The van der Waals surface area contributed by atoms with E-state index in [-0.39, 0.29) is 28.4 Å². The van der Waals surface area contributed by atoms with Gasteiger partial charge in [-0.15, -0.1) is 0 Å². The molecule has 2 aromatic heterocycles. The van der Waals surface area contributed by atoms with Gasteiger partial charge in [0.15, 0.2) is 0 Å². The van der Waals surface area contributed by atoms with Crippen molar-refractivity contribution in [3.8, 4) is 11.5 Å². The molecule has 0 spiro atoms. The second-order valence-corrected chi connectivity index (χ2v) is 9.88. The van der Waals surface area contributed by atoms with Crippen LogP contribution in [0.5, 0.6) is 0 Å². The Labute approximate surface area is 233 Å². The highest BCUT2D eigenvalue weighted by molar-refractivity contribution is 5.96. The molecule has 0 unspecified atom stereocenters. The molecule has 10 nitrogen and oxygen atoms in total. The molecule has 0 aliphatic heterocycles. The summed E-state index contributed by atoms with van der Waals surface area (Å²) in [6.07, 6.45) is -4.40. The van der Waals surface area contributed by atoms with Crippen molar-refractivity contribution in [2.24, 2.45) is 11.8 Å². The monoisotopic (exact) mass is 574 g/mol. The van der Waals surface area contributed by atoms with Crippen molar-refractivity contribution < 1.29 is 41.9 Å². The first kappa shape index (κ1) is 29.6. The van der Waals surface area contributed by atoms with Gasteiger partial charge in [0.2, 0.25) is 11.7 Å². The number of pyridine rings is 1. The molecule has 0 bridgehead atoms. The van der Waals surface area contributed by atoms with Gasteiger partial charge in [0.25, 0.3) is 0 Å². The number of carbonyl (C=O) groups is 3. The highest BCUT2D eigenvalue weighted by Crippen LogP contribution is 2.37. The van der Waals surface area contributed by atoms with Crippen LogP contribution in [0.25, 0.3) is 11.5 Å². The van der Waals surface area contributed by atoms with E-state index in [0.29, 0.717) is 24.2 Å². The Morgan fingerprint density at radius 3 is 2.37 bits per heavy atom. The van der Waals surface area contributed by atoms with E-state index >= 15 is 0 Å². The van der Waals surface area contributed by atoms with Crippen LogP contribution in [0.4, 0.5) is 29.3 Å². The van der Waals surface area contributed by atoms with E-state index in [1.54, 1.807) is 19.9 Å². The number of carbonyl (C=O) groups excluding carboxylic acids is 2. The molecule has 1 aliphatic rings. The third-order valence-electron chi connectivity index (χ3n) is 7.07. The van der Waals surface area contributed by atoms with Gasteiger partial charge in [-0.2, -0.15) is 13.2 Å². The van der Waals surface area contributed by atoms with E-state index in [1.165, 1.54) is 31.2 Å². The van der Waals surface area contributed by atoms with Gasteiger partial charge in [0, 0.05) is 5.56 Å². The Kier molecular flexibility index (Phi) is 8.64. The van der Waals surface area contributed by atoms with E-state index < -0.39 is 47.6 Å². The fraction of sp³-hybridized carbons (Fsp3) is 0.393. The van der Waals surface area contributed by atoms with Gasteiger partial charge in [-0.05, 0) is 51.8 Å². The number of carboxylic acids is 1. The average Bonchev–Trinajstić information content (AvgIpc) is 3.28. The Bertz CT molecular complexity index is 1450. The summed E-state index contributed by atoms with van der Waals surface area (Å²) in [6.45, 7) is 4.52. The molecule has 2 amide bonds. The summed E-state index contributed by atoms with van der Waals surface area (Å²) in [5.74, 6) is -2.71. The molecule has 1 aliphatic carbocycles. The Hall–Kier alpha value is -4.42. The molecule has 41 heavy (non-hydrogen) atoms. The van der Waals surface area contributed by atoms with E-state index in [2.05, 4.69) is 20.8 Å². The number of nitrogens with one attached hydrogen (secondary N) is 2. The first-order valence-corrected chi connectivity index (χ1v) is 13.0. The number of benzene rings is 1. The zero-order valence-corrected chi connectivity index (χ0v) is 22.5. The van der Waals surface area contributed by atoms with E-state index in [4.69, 9.17) is 9.26 Å². The number of aliphatic carboxylic acids is 1. The van der Waals surface area contributed by atoms with Crippen LogP contribution in [0.1, 0.15) is 61.2 Å². The third kappa shape index (κ3) is 6.67. The summed E-state index contributed by atoms with van der Waals surface area (Å²) in [5, 5.41) is 18.6. The van der Waals surface area contributed by atoms with Crippen LogP contribution < -0.4 is 10.6 Å². The van der Waals surface area contributed by atoms with Crippen molar-refractivity contribution in [1.29, 1.82) is 0 Å². The Morgan fingerprint density at radius 2 is 1.71 bits per heavy atom. The number of hydrogen-bond acceptors (Lipinski definition) is 7. The van der Waals surface area contributed by atoms with Crippen LogP contribution in [-0.4, -0.2) is 33.2 Å². The predicted molar refractivity (Wildman–Crippen MR) is 141 cm³/mol. The van der Waals surface area contributed by atoms with Crippen LogP contribution in [0, 0.1) is 25.7 Å². The molecular weight excluding hydrogens is 545 g/mol. The van der Waals surface area contributed by atoms with Crippen molar-refractivity contribution in [2.45, 2.75) is 58.7 Å². The molecule has 0 saturated heterocycles. The maximum absolute atomic E-state index is 13.4. The Morgan fingerprint density at radius 1 is 1.02 bits per heavy atom. The number of alkyl halides is 3. The van der Waals surface area contributed by atoms with Crippen molar-refractivity contribution in [3.63, 3.8) is 0 Å². The summed E-state index contributed by atoms with van der Waals surface area (Å²) < 4.78 is 50.8. The average molecular weight is 575 g/mol. The lowest BCUT2D eigenvalue weighted by molar-refractivity contribution is -0.147. The van der Waals surface area contributed by atoms with Crippen molar-refractivity contribution in [2.75, 3.05) is 10.6 Å². The summed E-state index contributed by atoms with van der Waals surface area (Å²) in [5.41, 5.74) is 0.323. The number of nitrogens with zero attached hydrogens (tertiary/aromatic N) is 2. The topological polar surface area (TPSA) is 144 Å². The van der Waals surface area contributed by atoms with Gasteiger partial charge in [-0.1, -0.05) is 36.2 Å². The van der Waals surface area contributed by atoms with Gasteiger partial charge in [0.05, 0.1) is 28.8 Å². The molecule has 3 atom stereocenters. The smallest absolute Gasteiger partial charge is 0.416 e. The van der Waals surface area contributed by atoms with Crippen LogP contribution in [0.2, 0.25) is 0 Å². The summed E-state index contributed by atoms with van der Waals surface area (Å²) >= 11 is 0. The molecule has 2 heterocycles. The molecule has 1 saturated carbocycles. The zero-order chi connectivity index (χ0) is 29.9. The first-order valence-electron chi connectivity index (χ1n) is 13.0. The largest absolute Gasteiger partial charge is 0.481 e. The number of aromatic nitrogens is 2. The predicted octanol–water partition coefficient (Wildman–Crippen LogP) is 6.51. The minimum absolute atomic E-state index is 0.0713. The van der Waals surface area contributed by atoms with Crippen molar-refractivity contribution in [1.82, 2.24) is 10.1 Å². The minimum Gasteiger partial charge on any atom is -0.481 e. The second kappa shape index (κ2) is 12.0. The maximum atomic E-state index is 13.4. The second-order valence-electron chi connectivity index (χ2n) is 9.88. The molecule has 0 radical (unpaired) electrons. The van der Waals surface area contributed by atoms with Gasteiger partial charge < -0.3 is 19.7 Å². The summed E-state index contributed by atoms with van der Waals surface area (Å²) in [4.78, 5) is 41.6. The molecule has 4 rings (SSSR count). The number of rotatable bonds is 7. The highest BCUT2D eigenvalue weighted by Gasteiger charge is 2.36. The zero-order valence-electron chi connectivity index (χ0n) is 22.5. The Balaban J connectivity index is 1.48. The van der Waals surface area contributed by atoms with Crippen LogP contribution in [0.15, 0.2) is 40.9 Å². The van der Waals surface area contributed by atoms with Crippen LogP contribution >= 0.6 is 0 Å². The summed E-state index contributed by atoms with van der Waals surface area (Å²) in [7, 11) is 0. The minimum atomic E-state index is -4.62. The fourth-order valence-corrected chi connectivity index (χ4v) is 4.94. The highest BCUT2D eigenvalue weighted by atomic mass is 19.4. The first-order chi connectivity index (χ1) is 19.4. The lowest BCUT2D eigenvalue weighted by Gasteiger charge is -2.27. The van der Waals surface area contributed by atoms with Crippen molar-refractivity contribution >= 4 is 29.3 Å². The number of carboxylic acid groups (broad SMARTS) is 1. The number of aryl methyl sites for hydroxylation is 2. The van der Waals surface area contributed by atoms with Gasteiger partial charge >= 0.3 is 18.2 Å². The standard InChI is InChI=1S/C28H29F3N4O6/c1-14-21(33-25(36)18-9-4-5-10-19(18)26(37)38)12-13-22(32-14)24-23(15(2)35-41-24)34-27(39)40-16(3)17-8-6-7-11-20(17)28(29,30)31/h6-8,11-13,16,18-19H,4-5,9-10H2,1-3H3,(H,33,36)(H,34,39)(H,37,38)/t16-,18+,19+/m1/s1. The van der Waals surface area contributed by atoms with E-state index in [0.717, 1.165) is 18.9 Å². The molecule has 1 aromatic carbocycles. The van der Waals surface area contributed by atoms with Gasteiger partial charge in [-0.25, -0.2) is 9.78 Å². The summed E-state index contributed by atoms with van der Waals surface area (Å²) in [6, 6.07) is 7.92. The lowest BCUT2D eigenvalue weighted by atomic mass is 9.78.